The van der Waals surface area contributed by atoms with E-state index >= 15 is 0 Å². The van der Waals surface area contributed by atoms with E-state index in [0.29, 0.717) is 28.3 Å². The Morgan fingerprint density at radius 1 is 1.00 bits per heavy atom. The third kappa shape index (κ3) is 3.36. The first-order valence-corrected chi connectivity index (χ1v) is 9.03. The number of aromatic nitrogens is 5. The van der Waals surface area contributed by atoms with Gasteiger partial charge < -0.3 is 4.52 Å². The topological polar surface area (TPSA) is 69.6 Å². The molecule has 6 nitrogen and oxygen atoms in total. The molecular formula is C20H18ClN5O. The molecule has 2 heterocycles. The standard InChI is InChI=1S/C20H18ClN5O/c1-12(2)14-6-10-17(11-7-14)26-13(3)18(23-25-26)20-22-19(24-27-20)15-4-8-16(21)9-5-15/h4-12H,1-3H3. The Labute approximate surface area is 161 Å². The minimum Gasteiger partial charge on any atom is -0.332 e. The van der Waals surface area contributed by atoms with Crippen molar-refractivity contribution in [3.8, 4) is 28.7 Å². The summed E-state index contributed by atoms with van der Waals surface area (Å²) in [6.07, 6.45) is 0. The molecule has 0 amide bonds. The molecular weight excluding hydrogens is 362 g/mol. The third-order valence-corrected chi connectivity index (χ3v) is 4.68. The lowest BCUT2D eigenvalue weighted by atomic mass is 10.0. The Hall–Kier alpha value is -2.99. The second-order valence-corrected chi connectivity index (χ2v) is 7.05. The molecule has 0 fully saturated rings. The van der Waals surface area contributed by atoms with Crippen LogP contribution in [0.3, 0.4) is 0 Å². The predicted octanol–water partition coefficient (Wildman–Crippen LogP) is 5.07. The summed E-state index contributed by atoms with van der Waals surface area (Å²) in [6.45, 7) is 6.27. The van der Waals surface area contributed by atoms with Crippen molar-refractivity contribution in [1.82, 2.24) is 25.1 Å². The number of hydrogen-bond donors (Lipinski definition) is 0. The summed E-state index contributed by atoms with van der Waals surface area (Å²) < 4.78 is 7.18. The van der Waals surface area contributed by atoms with Gasteiger partial charge in [0.1, 0.15) is 0 Å². The van der Waals surface area contributed by atoms with E-state index in [-0.39, 0.29) is 0 Å². The minimum atomic E-state index is 0.336. The van der Waals surface area contributed by atoms with E-state index in [2.05, 4.69) is 46.4 Å². The molecule has 0 saturated heterocycles. The smallest absolute Gasteiger partial charge is 0.280 e. The average Bonchev–Trinajstić information content (AvgIpc) is 3.29. The van der Waals surface area contributed by atoms with Crippen molar-refractivity contribution in [2.45, 2.75) is 26.7 Å². The summed E-state index contributed by atoms with van der Waals surface area (Å²) in [4.78, 5) is 4.45. The zero-order valence-electron chi connectivity index (χ0n) is 15.2. The van der Waals surface area contributed by atoms with Crippen LogP contribution in [0.1, 0.15) is 31.0 Å². The normalized spacial score (nSPS) is 11.3. The van der Waals surface area contributed by atoms with Gasteiger partial charge in [0.05, 0.1) is 11.4 Å². The van der Waals surface area contributed by atoms with E-state index in [1.807, 2.05) is 31.2 Å². The molecule has 4 rings (SSSR count). The van der Waals surface area contributed by atoms with Gasteiger partial charge in [-0.25, -0.2) is 4.68 Å². The fourth-order valence-corrected chi connectivity index (χ4v) is 2.93. The SMILES string of the molecule is Cc1c(-c2nc(-c3ccc(Cl)cc3)no2)nnn1-c1ccc(C(C)C)cc1. The first kappa shape index (κ1) is 17.4. The Balaban J connectivity index is 1.65. The van der Waals surface area contributed by atoms with Gasteiger partial charge in [-0.1, -0.05) is 48.0 Å². The van der Waals surface area contributed by atoms with Crippen molar-refractivity contribution in [2.24, 2.45) is 0 Å². The monoisotopic (exact) mass is 379 g/mol. The molecule has 0 saturated carbocycles. The van der Waals surface area contributed by atoms with E-state index in [1.165, 1.54) is 5.56 Å². The van der Waals surface area contributed by atoms with Gasteiger partial charge in [-0.3, -0.25) is 0 Å². The highest BCUT2D eigenvalue weighted by molar-refractivity contribution is 6.30. The summed E-state index contributed by atoms with van der Waals surface area (Å²) >= 11 is 5.92. The summed E-state index contributed by atoms with van der Waals surface area (Å²) in [5.41, 5.74) is 4.44. The van der Waals surface area contributed by atoms with E-state index in [1.54, 1.807) is 16.8 Å². The van der Waals surface area contributed by atoms with Gasteiger partial charge in [0.25, 0.3) is 5.89 Å². The van der Waals surface area contributed by atoms with Crippen LogP contribution in [0.2, 0.25) is 5.02 Å². The quantitative estimate of drug-likeness (QED) is 0.495. The van der Waals surface area contributed by atoms with E-state index in [4.69, 9.17) is 16.1 Å². The van der Waals surface area contributed by atoms with Gasteiger partial charge in [-0.2, -0.15) is 4.98 Å². The molecule has 4 aromatic rings. The predicted molar refractivity (Wildman–Crippen MR) is 104 cm³/mol. The van der Waals surface area contributed by atoms with Crippen molar-refractivity contribution in [3.63, 3.8) is 0 Å². The third-order valence-electron chi connectivity index (χ3n) is 4.43. The first-order chi connectivity index (χ1) is 13.0. The van der Waals surface area contributed by atoms with Gasteiger partial charge in [-0.05, 0) is 54.8 Å². The fourth-order valence-electron chi connectivity index (χ4n) is 2.81. The molecule has 0 aliphatic carbocycles. The van der Waals surface area contributed by atoms with Crippen LogP contribution in [0, 0.1) is 6.92 Å². The molecule has 0 N–H and O–H groups in total. The van der Waals surface area contributed by atoms with E-state index in [9.17, 15) is 0 Å². The van der Waals surface area contributed by atoms with Crippen LogP contribution in [0.25, 0.3) is 28.7 Å². The van der Waals surface area contributed by atoms with Crippen LogP contribution in [-0.2, 0) is 0 Å². The molecule has 7 heteroatoms. The molecule has 27 heavy (non-hydrogen) atoms. The highest BCUT2D eigenvalue weighted by Crippen LogP contribution is 2.25. The van der Waals surface area contributed by atoms with Crippen LogP contribution in [0.4, 0.5) is 0 Å². The molecule has 2 aromatic heterocycles. The lowest BCUT2D eigenvalue weighted by Crippen LogP contribution is -1.99. The van der Waals surface area contributed by atoms with E-state index in [0.717, 1.165) is 16.9 Å². The maximum Gasteiger partial charge on any atom is 0.280 e. The number of halogens is 1. The number of rotatable bonds is 4. The first-order valence-electron chi connectivity index (χ1n) is 8.65. The molecule has 0 radical (unpaired) electrons. The maximum atomic E-state index is 5.92. The molecule has 0 atom stereocenters. The zero-order valence-corrected chi connectivity index (χ0v) is 16.0. The maximum absolute atomic E-state index is 5.92. The number of hydrogen-bond acceptors (Lipinski definition) is 5. The minimum absolute atomic E-state index is 0.336. The Morgan fingerprint density at radius 2 is 1.70 bits per heavy atom. The largest absolute Gasteiger partial charge is 0.332 e. The molecule has 0 aliphatic heterocycles. The van der Waals surface area contributed by atoms with Crippen molar-refractivity contribution < 1.29 is 4.52 Å². The summed E-state index contributed by atoms with van der Waals surface area (Å²) in [5.74, 6) is 1.30. The average molecular weight is 380 g/mol. The lowest BCUT2D eigenvalue weighted by Gasteiger charge is -2.07. The van der Waals surface area contributed by atoms with Crippen molar-refractivity contribution in [2.75, 3.05) is 0 Å². The van der Waals surface area contributed by atoms with Crippen LogP contribution >= 0.6 is 11.6 Å². The van der Waals surface area contributed by atoms with Crippen LogP contribution in [0.5, 0.6) is 0 Å². The van der Waals surface area contributed by atoms with E-state index < -0.39 is 0 Å². The van der Waals surface area contributed by atoms with Crippen LogP contribution in [-0.4, -0.2) is 25.1 Å². The molecule has 0 spiro atoms. The van der Waals surface area contributed by atoms with Crippen molar-refractivity contribution in [1.29, 1.82) is 0 Å². The summed E-state index contributed by atoms with van der Waals surface area (Å²) in [5, 5.41) is 13.2. The molecule has 0 aliphatic rings. The molecule has 136 valence electrons. The van der Waals surface area contributed by atoms with Crippen molar-refractivity contribution in [3.05, 3.63) is 64.8 Å². The number of nitrogens with zero attached hydrogens (tertiary/aromatic N) is 5. The Bertz CT molecular complexity index is 1060. The van der Waals surface area contributed by atoms with Crippen molar-refractivity contribution >= 4 is 11.6 Å². The molecule has 2 aromatic carbocycles. The highest BCUT2D eigenvalue weighted by Gasteiger charge is 2.19. The van der Waals surface area contributed by atoms with Gasteiger partial charge in [0, 0.05) is 10.6 Å². The van der Waals surface area contributed by atoms with Gasteiger partial charge in [-0.15, -0.1) is 5.10 Å². The zero-order chi connectivity index (χ0) is 19.0. The van der Waals surface area contributed by atoms with Crippen LogP contribution in [0.15, 0.2) is 53.1 Å². The van der Waals surface area contributed by atoms with Gasteiger partial charge in [0.15, 0.2) is 5.69 Å². The Kier molecular flexibility index (Phi) is 4.49. The number of benzene rings is 2. The second-order valence-electron chi connectivity index (χ2n) is 6.61. The summed E-state index contributed by atoms with van der Waals surface area (Å²) in [6, 6.07) is 15.5. The Morgan fingerprint density at radius 3 is 2.37 bits per heavy atom. The highest BCUT2D eigenvalue weighted by atomic mass is 35.5. The van der Waals surface area contributed by atoms with Gasteiger partial charge >= 0.3 is 0 Å². The molecule has 0 unspecified atom stereocenters. The second kappa shape index (κ2) is 6.96. The summed E-state index contributed by atoms with van der Waals surface area (Å²) in [7, 11) is 0. The molecule has 0 bridgehead atoms. The fraction of sp³-hybridized carbons (Fsp3) is 0.200. The van der Waals surface area contributed by atoms with Crippen LogP contribution < -0.4 is 0 Å². The van der Waals surface area contributed by atoms with Gasteiger partial charge in [0.2, 0.25) is 5.82 Å². The lowest BCUT2D eigenvalue weighted by molar-refractivity contribution is 0.430.